The largest absolute Gasteiger partial charge is 0.354 e. The number of aromatic nitrogens is 2. The first kappa shape index (κ1) is 17.0. The molecule has 2 fully saturated rings. The standard InChI is InChI=1S/C17H27N5O2/c1-13-9-19-22(10-13)11-14-5-4-8-21(14)12-16(23)20-15-6-2-3-7-18-17(15)24/h9-10,14-15H,2-8,11-12H2,1H3,(H,18,24)(H,20,23)/t14-,15-/m0/s1. The molecule has 1 aromatic heterocycles. The lowest BCUT2D eigenvalue weighted by Gasteiger charge is -2.25. The van der Waals surface area contributed by atoms with E-state index in [2.05, 4.69) is 20.6 Å². The van der Waals surface area contributed by atoms with Gasteiger partial charge in [-0.1, -0.05) is 0 Å². The van der Waals surface area contributed by atoms with Crippen LogP contribution in [0.3, 0.4) is 0 Å². The summed E-state index contributed by atoms with van der Waals surface area (Å²) in [6.45, 7) is 4.83. The Labute approximate surface area is 142 Å². The number of carbonyl (C=O) groups excluding carboxylic acids is 2. The van der Waals surface area contributed by atoms with Gasteiger partial charge in [-0.2, -0.15) is 5.10 Å². The molecule has 0 unspecified atom stereocenters. The normalized spacial score (nSPS) is 25.3. The second-order valence-corrected chi connectivity index (χ2v) is 6.91. The van der Waals surface area contributed by atoms with E-state index >= 15 is 0 Å². The molecule has 2 atom stereocenters. The van der Waals surface area contributed by atoms with Crippen LogP contribution in [0.2, 0.25) is 0 Å². The number of amides is 2. The molecule has 0 bridgehead atoms. The van der Waals surface area contributed by atoms with Gasteiger partial charge in [0.05, 0.1) is 19.3 Å². The average Bonchev–Trinajstić information content (AvgIpc) is 3.09. The Hall–Kier alpha value is -1.89. The van der Waals surface area contributed by atoms with Crippen molar-refractivity contribution in [3.8, 4) is 0 Å². The molecule has 3 heterocycles. The van der Waals surface area contributed by atoms with E-state index in [1.807, 2.05) is 24.0 Å². The van der Waals surface area contributed by atoms with Gasteiger partial charge in [-0.25, -0.2) is 0 Å². The summed E-state index contributed by atoms with van der Waals surface area (Å²) in [7, 11) is 0. The molecule has 0 aromatic carbocycles. The molecule has 7 heteroatoms. The van der Waals surface area contributed by atoms with Gasteiger partial charge in [0.25, 0.3) is 0 Å². The minimum absolute atomic E-state index is 0.0501. The first-order chi connectivity index (χ1) is 11.6. The fraction of sp³-hybridized carbons (Fsp3) is 0.706. The first-order valence-electron chi connectivity index (χ1n) is 8.92. The fourth-order valence-corrected chi connectivity index (χ4v) is 3.59. The van der Waals surface area contributed by atoms with Crippen molar-refractivity contribution in [3.63, 3.8) is 0 Å². The second kappa shape index (κ2) is 7.79. The van der Waals surface area contributed by atoms with Crippen molar-refractivity contribution in [1.82, 2.24) is 25.3 Å². The number of nitrogens with zero attached hydrogens (tertiary/aromatic N) is 3. The number of hydrogen-bond donors (Lipinski definition) is 2. The Balaban J connectivity index is 1.51. The third-order valence-corrected chi connectivity index (χ3v) is 4.88. The Morgan fingerprint density at radius 2 is 2.25 bits per heavy atom. The van der Waals surface area contributed by atoms with Crippen molar-refractivity contribution >= 4 is 11.8 Å². The van der Waals surface area contributed by atoms with Gasteiger partial charge in [-0.05, 0) is 51.1 Å². The minimum Gasteiger partial charge on any atom is -0.354 e. The van der Waals surface area contributed by atoms with Crippen molar-refractivity contribution < 1.29 is 9.59 Å². The van der Waals surface area contributed by atoms with Crippen LogP contribution in [0.1, 0.15) is 37.7 Å². The molecule has 3 rings (SSSR count). The summed E-state index contributed by atoms with van der Waals surface area (Å²) in [6.07, 6.45) is 8.75. The first-order valence-corrected chi connectivity index (χ1v) is 8.92. The van der Waals surface area contributed by atoms with E-state index in [1.54, 1.807) is 0 Å². The van der Waals surface area contributed by atoms with Gasteiger partial charge in [0.2, 0.25) is 11.8 Å². The maximum absolute atomic E-state index is 12.4. The third kappa shape index (κ3) is 4.35. The highest BCUT2D eigenvalue weighted by Crippen LogP contribution is 2.18. The van der Waals surface area contributed by atoms with Gasteiger partial charge >= 0.3 is 0 Å². The second-order valence-electron chi connectivity index (χ2n) is 6.91. The van der Waals surface area contributed by atoms with E-state index in [4.69, 9.17) is 0 Å². The molecule has 2 aliphatic rings. The molecular formula is C17H27N5O2. The lowest BCUT2D eigenvalue weighted by molar-refractivity contribution is -0.129. The van der Waals surface area contributed by atoms with Gasteiger partial charge in [-0.15, -0.1) is 0 Å². The molecule has 132 valence electrons. The van der Waals surface area contributed by atoms with Crippen LogP contribution in [0.15, 0.2) is 12.4 Å². The van der Waals surface area contributed by atoms with E-state index in [0.29, 0.717) is 19.1 Å². The number of rotatable bonds is 5. The van der Waals surface area contributed by atoms with Crippen LogP contribution in [-0.2, 0) is 16.1 Å². The number of nitrogens with one attached hydrogen (secondary N) is 2. The molecule has 2 N–H and O–H groups in total. The fourth-order valence-electron chi connectivity index (χ4n) is 3.59. The lowest BCUT2D eigenvalue weighted by Crippen LogP contribution is -2.49. The summed E-state index contributed by atoms with van der Waals surface area (Å²) in [5.41, 5.74) is 1.15. The summed E-state index contributed by atoms with van der Waals surface area (Å²) in [5, 5.41) is 10.1. The Morgan fingerprint density at radius 1 is 1.38 bits per heavy atom. The average molecular weight is 333 g/mol. The van der Waals surface area contributed by atoms with Crippen LogP contribution < -0.4 is 10.6 Å². The topological polar surface area (TPSA) is 79.3 Å². The molecular weight excluding hydrogens is 306 g/mol. The molecule has 7 nitrogen and oxygen atoms in total. The molecule has 2 amide bonds. The van der Waals surface area contributed by atoms with Crippen LogP contribution in [0.25, 0.3) is 0 Å². The Kier molecular flexibility index (Phi) is 5.50. The molecule has 24 heavy (non-hydrogen) atoms. The zero-order valence-corrected chi connectivity index (χ0v) is 14.3. The molecule has 2 aliphatic heterocycles. The van der Waals surface area contributed by atoms with Crippen molar-refractivity contribution in [2.45, 2.75) is 57.7 Å². The van der Waals surface area contributed by atoms with Gasteiger partial charge in [0, 0.05) is 18.8 Å². The summed E-state index contributed by atoms with van der Waals surface area (Å²) in [6, 6.07) is -0.0483. The zero-order chi connectivity index (χ0) is 16.9. The minimum atomic E-state index is -0.380. The van der Waals surface area contributed by atoms with Crippen LogP contribution in [0, 0.1) is 6.92 Å². The zero-order valence-electron chi connectivity index (χ0n) is 14.3. The number of aryl methyl sites for hydroxylation is 1. The maximum Gasteiger partial charge on any atom is 0.242 e. The quantitative estimate of drug-likeness (QED) is 0.819. The maximum atomic E-state index is 12.4. The van der Waals surface area contributed by atoms with E-state index in [9.17, 15) is 9.59 Å². The molecule has 0 radical (unpaired) electrons. The van der Waals surface area contributed by atoms with E-state index in [0.717, 1.165) is 50.8 Å². The van der Waals surface area contributed by atoms with Gasteiger partial charge in [-0.3, -0.25) is 19.2 Å². The number of carbonyl (C=O) groups is 2. The van der Waals surface area contributed by atoms with E-state index in [-0.39, 0.29) is 17.9 Å². The SMILES string of the molecule is Cc1cnn(C[C@@H]2CCCN2CC(=O)N[C@H]2CCCCNC2=O)c1. The van der Waals surface area contributed by atoms with Gasteiger partial charge < -0.3 is 10.6 Å². The van der Waals surface area contributed by atoms with E-state index < -0.39 is 0 Å². The van der Waals surface area contributed by atoms with Crippen LogP contribution in [0.5, 0.6) is 0 Å². The summed E-state index contributed by atoms with van der Waals surface area (Å²) >= 11 is 0. The van der Waals surface area contributed by atoms with Gasteiger partial charge in [0.1, 0.15) is 6.04 Å². The summed E-state index contributed by atoms with van der Waals surface area (Å²) in [5.74, 6) is -0.105. The van der Waals surface area contributed by atoms with Crippen molar-refractivity contribution in [2.75, 3.05) is 19.6 Å². The number of hydrogen-bond acceptors (Lipinski definition) is 4. The Bertz CT molecular complexity index is 585. The van der Waals surface area contributed by atoms with Crippen LogP contribution >= 0.6 is 0 Å². The van der Waals surface area contributed by atoms with Crippen molar-refractivity contribution in [3.05, 3.63) is 18.0 Å². The molecule has 0 saturated carbocycles. The highest BCUT2D eigenvalue weighted by molar-refractivity contribution is 5.88. The monoisotopic (exact) mass is 333 g/mol. The Morgan fingerprint density at radius 3 is 3.04 bits per heavy atom. The van der Waals surface area contributed by atoms with Crippen molar-refractivity contribution in [1.29, 1.82) is 0 Å². The van der Waals surface area contributed by atoms with Crippen LogP contribution in [-0.4, -0.2) is 58.2 Å². The highest BCUT2D eigenvalue weighted by Gasteiger charge is 2.28. The smallest absolute Gasteiger partial charge is 0.242 e. The summed E-state index contributed by atoms with van der Waals surface area (Å²) < 4.78 is 1.95. The lowest BCUT2D eigenvalue weighted by atomic mass is 10.1. The predicted molar refractivity (Wildman–Crippen MR) is 90.4 cm³/mol. The summed E-state index contributed by atoms with van der Waals surface area (Å²) in [4.78, 5) is 26.5. The van der Waals surface area contributed by atoms with E-state index in [1.165, 1.54) is 0 Å². The predicted octanol–water partition coefficient (Wildman–Crippen LogP) is 0.441. The third-order valence-electron chi connectivity index (χ3n) is 4.88. The molecule has 2 saturated heterocycles. The molecule has 0 spiro atoms. The van der Waals surface area contributed by atoms with Crippen LogP contribution in [0.4, 0.5) is 0 Å². The molecule has 1 aromatic rings. The molecule has 0 aliphatic carbocycles. The van der Waals surface area contributed by atoms with Crippen molar-refractivity contribution in [2.24, 2.45) is 0 Å². The number of likely N-dealkylation sites (tertiary alicyclic amines) is 1. The highest BCUT2D eigenvalue weighted by atomic mass is 16.2. The van der Waals surface area contributed by atoms with Gasteiger partial charge in [0.15, 0.2) is 0 Å².